The van der Waals surface area contributed by atoms with Crippen LogP contribution in [0.5, 0.6) is 0 Å². The van der Waals surface area contributed by atoms with E-state index in [2.05, 4.69) is 32.0 Å². The number of hydrogen-bond acceptors (Lipinski definition) is 5. The first kappa shape index (κ1) is 18.6. The highest BCUT2D eigenvalue weighted by Crippen LogP contribution is 2.13. The molecule has 0 aliphatic carbocycles. The fourth-order valence-corrected chi connectivity index (χ4v) is 3.21. The van der Waals surface area contributed by atoms with Crippen LogP contribution in [0.25, 0.3) is 0 Å². The maximum Gasteiger partial charge on any atom is 0.271 e. The Labute approximate surface area is 159 Å². The number of halogens is 1. The molecule has 1 amide bonds. The molecule has 1 aliphatic heterocycles. The summed E-state index contributed by atoms with van der Waals surface area (Å²) in [5.74, 6) is 0.623. The standard InChI is InChI=1S/C19H24ClN5O/c1-2-24-8-10-25(11-9-24)18-14-22-17(13-23-18)19(26)21-7-6-15-4-3-5-16(20)12-15/h3-5,12-14H,2,6-11H2,1H3,(H,21,26). The second-order valence-corrected chi connectivity index (χ2v) is 6.75. The largest absolute Gasteiger partial charge is 0.353 e. The molecule has 6 nitrogen and oxygen atoms in total. The van der Waals surface area contributed by atoms with E-state index in [1.165, 1.54) is 0 Å². The number of benzene rings is 1. The molecule has 138 valence electrons. The van der Waals surface area contributed by atoms with Crippen molar-refractivity contribution >= 4 is 23.3 Å². The maximum atomic E-state index is 12.2. The molecule has 1 aromatic carbocycles. The summed E-state index contributed by atoms with van der Waals surface area (Å²) < 4.78 is 0. The molecule has 2 heterocycles. The van der Waals surface area contributed by atoms with Crippen molar-refractivity contribution in [3.8, 4) is 0 Å². The molecule has 0 saturated carbocycles. The molecule has 0 radical (unpaired) electrons. The van der Waals surface area contributed by atoms with Crippen molar-refractivity contribution in [1.29, 1.82) is 0 Å². The predicted octanol–water partition coefficient (Wildman–Crippen LogP) is 2.24. The van der Waals surface area contributed by atoms with Gasteiger partial charge in [-0.3, -0.25) is 4.79 Å². The highest BCUT2D eigenvalue weighted by Gasteiger charge is 2.17. The second kappa shape index (κ2) is 8.96. The second-order valence-electron chi connectivity index (χ2n) is 6.32. The van der Waals surface area contributed by atoms with E-state index in [4.69, 9.17) is 11.6 Å². The zero-order chi connectivity index (χ0) is 18.4. The molecule has 1 aliphatic rings. The number of carbonyl (C=O) groups excluding carboxylic acids is 1. The molecular weight excluding hydrogens is 350 g/mol. The van der Waals surface area contributed by atoms with Crippen LogP contribution in [0.1, 0.15) is 23.0 Å². The lowest BCUT2D eigenvalue weighted by Gasteiger charge is -2.34. The fourth-order valence-electron chi connectivity index (χ4n) is 3.00. The highest BCUT2D eigenvalue weighted by molar-refractivity contribution is 6.30. The monoisotopic (exact) mass is 373 g/mol. The summed E-state index contributed by atoms with van der Waals surface area (Å²) in [7, 11) is 0. The Hall–Kier alpha value is -2.18. The van der Waals surface area contributed by atoms with E-state index in [0.29, 0.717) is 17.3 Å². The zero-order valence-electron chi connectivity index (χ0n) is 15.0. The maximum absolute atomic E-state index is 12.2. The molecule has 3 rings (SSSR count). The zero-order valence-corrected chi connectivity index (χ0v) is 15.7. The van der Waals surface area contributed by atoms with Gasteiger partial charge in [-0.05, 0) is 30.7 Å². The minimum absolute atomic E-state index is 0.207. The Kier molecular flexibility index (Phi) is 6.41. The lowest BCUT2D eigenvalue weighted by molar-refractivity contribution is 0.0949. The minimum atomic E-state index is -0.207. The predicted molar refractivity (Wildman–Crippen MR) is 104 cm³/mol. The van der Waals surface area contributed by atoms with Crippen molar-refractivity contribution < 1.29 is 4.79 Å². The van der Waals surface area contributed by atoms with Crippen molar-refractivity contribution in [2.45, 2.75) is 13.3 Å². The Bertz CT molecular complexity index is 729. The van der Waals surface area contributed by atoms with Crippen molar-refractivity contribution in [2.75, 3.05) is 44.2 Å². The minimum Gasteiger partial charge on any atom is -0.353 e. The number of carbonyl (C=O) groups is 1. The molecule has 1 fully saturated rings. The van der Waals surface area contributed by atoms with Gasteiger partial charge in [0.25, 0.3) is 5.91 Å². The van der Waals surface area contributed by atoms with E-state index in [-0.39, 0.29) is 5.91 Å². The quantitative estimate of drug-likeness (QED) is 0.841. The van der Waals surface area contributed by atoms with Crippen LogP contribution in [0, 0.1) is 0 Å². The molecular formula is C19H24ClN5O. The summed E-state index contributed by atoms with van der Waals surface area (Å²) in [6.45, 7) is 7.72. The van der Waals surface area contributed by atoms with Gasteiger partial charge >= 0.3 is 0 Å². The molecule has 0 bridgehead atoms. The number of hydrogen-bond donors (Lipinski definition) is 1. The molecule has 26 heavy (non-hydrogen) atoms. The normalized spacial score (nSPS) is 15.1. The van der Waals surface area contributed by atoms with Crippen LogP contribution in [0.2, 0.25) is 5.02 Å². The number of likely N-dealkylation sites (N-methyl/N-ethyl adjacent to an activating group) is 1. The first-order chi connectivity index (χ1) is 12.7. The third kappa shape index (κ3) is 4.93. The van der Waals surface area contributed by atoms with Crippen molar-refractivity contribution in [2.24, 2.45) is 0 Å². The van der Waals surface area contributed by atoms with Gasteiger partial charge < -0.3 is 15.1 Å². The number of anilines is 1. The lowest BCUT2D eigenvalue weighted by atomic mass is 10.1. The van der Waals surface area contributed by atoms with Crippen LogP contribution in [0.4, 0.5) is 5.82 Å². The first-order valence-corrected chi connectivity index (χ1v) is 9.35. The number of piperazine rings is 1. The number of amides is 1. The topological polar surface area (TPSA) is 61.4 Å². The van der Waals surface area contributed by atoms with Crippen LogP contribution in [0.15, 0.2) is 36.7 Å². The van der Waals surface area contributed by atoms with Crippen molar-refractivity contribution in [3.05, 3.63) is 52.9 Å². The van der Waals surface area contributed by atoms with Gasteiger partial charge in [-0.1, -0.05) is 30.7 Å². The lowest BCUT2D eigenvalue weighted by Crippen LogP contribution is -2.46. The summed E-state index contributed by atoms with van der Waals surface area (Å²) in [6.07, 6.45) is 3.96. The van der Waals surface area contributed by atoms with Gasteiger partial charge in [-0.2, -0.15) is 0 Å². The van der Waals surface area contributed by atoms with Crippen LogP contribution in [0.3, 0.4) is 0 Å². The van der Waals surface area contributed by atoms with Crippen LogP contribution < -0.4 is 10.2 Å². The smallest absolute Gasteiger partial charge is 0.271 e. The number of rotatable bonds is 6. The van der Waals surface area contributed by atoms with Gasteiger partial charge in [0, 0.05) is 37.7 Å². The summed E-state index contributed by atoms with van der Waals surface area (Å²) in [5.41, 5.74) is 1.43. The van der Waals surface area contributed by atoms with Gasteiger partial charge in [0.05, 0.1) is 12.4 Å². The fraction of sp³-hybridized carbons (Fsp3) is 0.421. The van der Waals surface area contributed by atoms with E-state index in [9.17, 15) is 4.79 Å². The Morgan fingerprint density at radius 3 is 2.65 bits per heavy atom. The molecule has 0 spiro atoms. The van der Waals surface area contributed by atoms with E-state index >= 15 is 0 Å². The van der Waals surface area contributed by atoms with Crippen molar-refractivity contribution in [1.82, 2.24) is 20.2 Å². The first-order valence-electron chi connectivity index (χ1n) is 8.97. The summed E-state index contributed by atoms with van der Waals surface area (Å²) in [5, 5.41) is 3.58. The molecule has 0 atom stereocenters. The van der Waals surface area contributed by atoms with Gasteiger partial charge in [0.2, 0.25) is 0 Å². The Morgan fingerprint density at radius 2 is 2.00 bits per heavy atom. The third-order valence-electron chi connectivity index (χ3n) is 4.60. The third-order valence-corrected chi connectivity index (χ3v) is 4.84. The number of nitrogens with zero attached hydrogens (tertiary/aromatic N) is 4. The summed E-state index contributed by atoms with van der Waals surface area (Å²) in [4.78, 5) is 25.5. The molecule has 0 unspecified atom stereocenters. The summed E-state index contributed by atoms with van der Waals surface area (Å²) >= 11 is 5.97. The molecule has 2 aromatic rings. The number of aromatic nitrogens is 2. The van der Waals surface area contributed by atoms with Crippen molar-refractivity contribution in [3.63, 3.8) is 0 Å². The van der Waals surface area contributed by atoms with Gasteiger partial charge in [-0.25, -0.2) is 9.97 Å². The SMILES string of the molecule is CCN1CCN(c2cnc(C(=O)NCCc3cccc(Cl)c3)cn2)CC1. The molecule has 1 saturated heterocycles. The van der Waals surface area contributed by atoms with Crippen LogP contribution in [-0.4, -0.2) is 60.0 Å². The van der Waals surface area contributed by atoms with Gasteiger partial charge in [0.1, 0.15) is 11.5 Å². The van der Waals surface area contributed by atoms with Crippen LogP contribution >= 0.6 is 11.6 Å². The molecule has 1 N–H and O–H groups in total. The molecule has 1 aromatic heterocycles. The van der Waals surface area contributed by atoms with Gasteiger partial charge in [0.15, 0.2) is 0 Å². The van der Waals surface area contributed by atoms with Crippen LogP contribution in [-0.2, 0) is 6.42 Å². The molecule has 7 heteroatoms. The highest BCUT2D eigenvalue weighted by atomic mass is 35.5. The Balaban J connectivity index is 1.49. The average molecular weight is 374 g/mol. The van der Waals surface area contributed by atoms with E-state index in [1.54, 1.807) is 12.4 Å². The average Bonchev–Trinajstić information content (AvgIpc) is 2.68. The van der Waals surface area contributed by atoms with Gasteiger partial charge in [-0.15, -0.1) is 0 Å². The van der Waals surface area contributed by atoms with E-state index in [1.807, 2.05) is 24.3 Å². The Morgan fingerprint density at radius 1 is 1.19 bits per heavy atom. The van der Waals surface area contributed by atoms with E-state index < -0.39 is 0 Å². The van der Waals surface area contributed by atoms with E-state index in [0.717, 1.165) is 50.5 Å². The summed E-state index contributed by atoms with van der Waals surface area (Å²) in [6, 6.07) is 7.64. The number of nitrogens with one attached hydrogen (secondary N) is 1.